The minimum Gasteiger partial charge on any atom is -0.399 e. The molecule has 82 valence electrons. The SMILES string of the molecule is Nc1ccc(CSc2ncccc2Cl)cc1. The number of anilines is 1. The van der Waals surface area contributed by atoms with Crippen LogP contribution in [-0.4, -0.2) is 4.98 Å². The normalized spacial score (nSPS) is 10.3. The molecule has 0 atom stereocenters. The number of rotatable bonds is 3. The van der Waals surface area contributed by atoms with Crippen molar-refractivity contribution in [3.63, 3.8) is 0 Å². The first-order chi connectivity index (χ1) is 7.75. The zero-order valence-corrected chi connectivity index (χ0v) is 10.1. The second kappa shape index (κ2) is 5.23. The maximum absolute atomic E-state index is 6.01. The highest BCUT2D eigenvalue weighted by Gasteiger charge is 2.01. The summed E-state index contributed by atoms with van der Waals surface area (Å²) in [6.07, 6.45) is 1.75. The van der Waals surface area contributed by atoms with E-state index in [1.165, 1.54) is 5.56 Å². The van der Waals surface area contributed by atoms with Crippen LogP contribution in [0, 0.1) is 0 Å². The molecule has 4 heteroatoms. The first-order valence-electron chi connectivity index (χ1n) is 4.83. The molecule has 0 radical (unpaired) electrons. The van der Waals surface area contributed by atoms with E-state index in [1.54, 1.807) is 18.0 Å². The van der Waals surface area contributed by atoms with Gasteiger partial charge in [0, 0.05) is 17.6 Å². The summed E-state index contributed by atoms with van der Waals surface area (Å²) in [5.74, 6) is 0.844. The number of aromatic nitrogens is 1. The fourth-order valence-electron chi connectivity index (χ4n) is 1.24. The summed E-state index contributed by atoms with van der Waals surface area (Å²) in [6.45, 7) is 0. The van der Waals surface area contributed by atoms with E-state index in [2.05, 4.69) is 4.98 Å². The molecule has 0 saturated carbocycles. The van der Waals surface area contributed by atoms with Crippen molar-refractivity contribution in [1.29, 1.82) is 0 Å². The van der Waals surface area contributed by atoms with E-state index in [-0.39, 0.29) is 0 Å². The minimum absolute atomic E-state index is 0.697. The molecule has 2 nitrogen and oxygen atoms in total. The van der Waals surface area contributed by atoms with Crippen molar-refractivity contribution in [2.45, 2.75) is 10.8 Å². The molecule has 1 aromatic carbocycles. The van der Waals surface area contributed by atoms with E-state index in [0.29, 0.717) is 5.02 Å². The van der Waals surface area contributed by atoms with Gasteiger partial charge in [-0.3, -0.25) is 0 Å². The van der Waals surface area contributed by atoms with E-state index in [4.69, 9.17) is 17.3 Å². The topological polar surface area (TPSA) is 38.9 Å². The lowest BCUT2D eigenvalue weighted by atomic mass is 10.2. The zero-order valence-electron chi connectivity index (χ0n) is 8.56. The third-order valence-electron chi connectivity index (χ3n) is 2.08. The lowest BCUT2D eigenvalue weighted by molar-refractivity contribution is 1.13. The summed E-state index contributed by atoms with van der Waals surface area (Å²) in [5, 5.41) is 1.56. The quantitative estimate of drug-likeness (QED) is 0.668. The summed E-state index contributed by atoms with van der Waals surface area (Å²) in [4.78, 5) is 4.22. The van der Waals surface area contributed by atoms with E-state index in [1.807, 2.05) is 36.4 Å². The van der Waals surface area contributed by atoms with Gasteiger partial charge < -0.3 is 5.73 Å². The van der Waals surface area contributed by atoms with Gasteiger partial charge in [-0.2, -0.15) is 0 Å². The third-order valence-corrected chi connectivity index (χ3v) is 3.57. The molecular weight excluding hydrogens is 240 g/mol. The number of hydrogen-bond donors (Lipinski definition) is 1. The molecule has 0 unspecified atom stereocenters. The van der Waals surface area contributed by atoms with Crippen LogP contribution >= 0.6 is 23.4 Å². The molecule has 0 bridgehead atoms. The van der Waals surface area contributed by atoms with Gasteiger partial charge in [-0.1, -0.05) is 23.7 Å². The van der Waals surface area contributed by atoms with Crippen LogP contribution < -0.4 is 5.73 Å². The standard InChI is InChI=1S/C12H11ClN2S/c13-11-2-1-7-15-12(11)16-8-9-3-5-10(14)6-4-9/h1-7H,8,14H2. The molecule has 2 aromatic rings. The highest BCUT2D eigenvalue weighted by Crippen LogP contribution is 2.27. The number of benzene rings is 1. The second-order valence-electron chi connectivity index (χ2n) is 3.32. The molecule has 0 aliphatic rings. The van der Waals surface area contributed by atoms with Gasteiger partial charge >= 0.3 is 0 Å². The maximum atomic E-state index is 6.01. The average Bonchev–Trinajstić information content (AvgIpc) is 2.30. The van der Waals surface area contributed by atoms with Crippen LogP contribution in [0.1, 0.15) is 5.56 Å². The number of nitrogen functional groups attached to an aromatic ring is 1. The van der Waals surface area contributed by atoms with Gasteiger partial charge in [0.1, 0.15) is 5.03 Å². The number of thioether (sulfide) groups is 1. The van der Waals surface area contributed by atoms with Crippen LogP contribution in [0.5, 0.6) is 0 Å². The van der Waals surface area contributed by atoms with Crippen LogP contribution in [0.3, 0.4) is 0 Å². The smallest absolute Gasteiger partial charge is 0.115 e. The molecular formula is C12H11ClN2S. The molecule has 2 N–H and O–H groups in total. The Morgan fingerprint density at radius 2 is 1.94 bits per heavy atom. The first-order valence-corrected chi connectivity index (χ1v) is 6.20. The van der Waals surface area contributed by atoms with E-state index in [9.17, 15) is 0 Å². The van der Waals surface area contributed by atoms with Crippen LogP contribution in [0.15, 0.2) is 47.6 Å². The maximum Gasteiger partial charge on any atom is 0.115 e. The molecule has 2 rings (SSSR count). The number of pyridine rings is 1. The van der Waals surface area contributed by atoms with Gasteiger partial charge in [0.25, 0.3) is 0 Å². The van der Waals surface area contributed by atoms with Crippen molar-refractivity contribution < 1.29 is 0 Å². The summed E-state index contributed by atoms with van der Waals surface area (Å²) in [7, 11) is 0. The third kappa shape index (κ3) is 2.90. The van der Waals surface area contributed by atoms with Gasteiger partial charge in [0.05, 0.1) is 5.02 Å². The molecule has 0 aliphatic carbocycles. The van der Waals surface area contributed by atoms with Gasteiger partial charge in [-0.15, -0.1) is 11.8 Å². The average molecular weight is 251 g/mol. The Bertz CT molecular complexity index is 471. The van der Waals surface area contributed by atoms with Crippen LogP contribution in [0.25, 0.3) is 0 Å². The van der Waals surface area contributed by atoms with Crippen molar-refractivity contribution in [2.75, 3.05) is 5.73 Å². The summed E-state index contributed by atoms with van der Waals surface area (Å²) in [5.41, 5.74) is 7.61. The van der Waals surface area contributed by atoms with Crippen molar-refractivity contribution in [3.8, 4) is 0 Å². The number of nitrogens with zero attached hydrogens (tertiary/aromatic N) is 1. The Morgan fingerprint density at radius 3 is 2.62 bits per heavy atom. The fraction of sp³-hybridized carbons (Fsp3) is 0.0833. The molecule has 16 heavy (non-hydrogen) atoms. The molecule has 0 amide bonds. The largest absolute Gasteiger partial charge is 0.399 e. The minimum atomic E-state index is 0.697. The lowest BCUT2D eigenvalue weighted by Crippen LogP contribution is -1.86. The molecule has 0 saturated heterocycles. The first kappa shape index (κ1) is 11.3. The highest BCUT2D eigenvalue weighted by atomic mass is 35.5. The Balaban J connectivity index is 2.02. The van der Waals surface area contributed by atoms with Gasteiger partial charge in [0.15, 0.2) is 0 Å². The summed E-state index contributed by atoms with van der Waals surface area (Å²) < 4.78 is 0. The number of hydrogen-bond acceptors (Lipinski definition) is 3. The van der Waals surface area contributed by atoms with E-state index < -0.39 is 0 Å². The zero-order chi connectivity index (χ0) is 11.4. The molecule has 1 aromatic heterocycles. The Kier molecular flexibility index (Phi) is 3.70. The molecule has 0 spiro atoms. The van der Waals surface area contributed by atoms with Gasteiger partial charge in [-0.05, 0) is 29.8 Å². The number of nitrogens with two attached hydrogens (primary N) is 1. The molecule has 0 aliphatic heterocycles. The lowest BCUT2D eigenvalue weighted by Gasteiger charge is -2.03. The molecule has 0 fully saturated rings. The van der Waals surface area contributed by atoms with Crippen molar-refractivity contribution in [2.24, 2.45) is 0 Å². The van der Waals surface area contributed by atoms with Crippen LogP contribution in [0.2, 0.25) is 5.02 Å². The summed E-state index contributed by atoms with van der Waals surface area (Å²) in [6, 6.07) is 11.5. The van der Waals surface area contributed by atoms with Crippen LogP contribution in [-0.2, 0) is 5.75 Å². The number of halogens is 1. The van der Waals surface area contributed by atoms with Crippen molar-refractivity contribution in [3.05, 3.63) is 53.2 Å². The monoisotopic (exact) mass is 250 g/mol. The predicted octanol–water partition coefficient (Wildman–Crippen LogP) is 3.61. The Hall–Kier alpha value is -1.19. The van der Waals surface area contributed by atoms with Crippen molar-refractivity contribution in [1.82, 2.24) is 4.98 Å². The van der Waals surface area contributed by atoms with E-state index >= 15 is 0 Å². The highest BCUT2D eigenvalue weighted by molar-refractivity contribution is 7.98. The molecule has 1 heterocycles. The Labute approximate surface area is 104 Å². The summed E-state index contributed by atoms with van der Waals surface area (Å²) >= 11 is 7.63. The van der Waals surface area contributed by atoms with E-state index in [0.717, 1.165) is 16.5 Å². The van der Waals surface area contributed by atoms with Gasteiger partial charge in [-0.25, -0.2) is 4.98 Å². The van der Waals surface area contributed by atoms with Crippen molar-refractivity contribution >= 4 is 29.1 Å². The Morgan fingerprint density at radius 1 is 1.19 bits per heavy atom. The predicted molar refractivity (Wildman–Crippen MR) is 69.7 cm³/mol. The fourth-order valence-corrected chi connectivity index (χ4v) is 2.37. The van der Waals surface area contributed by atoms with Gasteiger partial charge in [0.2, 0.25) is 0 Å². The second-order valence-corrected chi connectivity index (χ2v) is 4.69. The van der Waals surface area contributed by atoms with Crippen LogP contribution in [0.4, 0.5) is 5.69 Å².